The van der Waals surface area contributed by atoms with Gasteiger partial charge in [-0.15, -0.1) is 0 Å². The Bertz CT molecular complexity index is 250. The molecule has 1 saturated carbocycles. The summed E-state index contributed by atoms with van der Waals surface area (Å²) >= 11 is 0. The second-order valence-corrected chi connectivity index (χ2v) is 7.01. The van der Waals surface area contributed by atoms with E-state index in [4.69, 9.17) is 9.47 Å². The Morgan fingerprint density at radius 3 is 2.37 bits per heavy atom. The highest BCUT2D eigenvalue weighted by atomic mass is 16.5. The molecule has 3 heteroatoms. The van der Waals surface area contributed by atoms with Gasteiger partial charge in [0.25, 0.3) is 0 Å². The first kappa shape index (κ1) is 16.9. The highest BCUT2D eigenvalue weighted by Crippen LogP contribution is 2.31. The lowest BCUT2D eigenvalue weighted by Crippen LogP contribution is -2.49. The second kappa shape index (κ2) is 7.61. The molecule has 4 unspecified atom stereocenters. The Balaban J connectivity index is 2.39. The maximum atomic E-state index is 6.12. The Morgan fingerprint density at radius 2 is 1.79 bits per heavy atom. The zero-order chi connectivity index (χ0) is 14.5. The zero-order valence-electron chi connectivity index (χ0n) is 13.7. The molecule has 1 aliphatic carbocycles. The van der Waals surface area contributed by atoms with Crippen LogP contribution in [0.25, 0.3) is 0 Å². The third-order valence-corrected chi connectivity index (χ3v) is 3.78. The van der Waals surface area contributed by atoms with Gasteiger partial charge in [0.2, 0.25) is 0 Å². The van der Waals surface area contributed by atoms with Crippen LogP contribution in [-0.2, 0) is 9.47 Å². The first-order valence-corrected chi connectivity index (χ1v) is 7.82. The highest BCUT2D eigenvalue weighted by molar-refractivity contribution is 4.88. The number of hydrogen-bond acceptors (Lipinski definition) is 3. The summed E-state index contributed by atoms with van der Waals surface area (Å²) in [5, 5.41) is 3.59. The van der Waals surface area contributed by atoms with Crippen molar-refractivity contribution >= 4 is 0 Å². The number of rotatable bonds is 6. The Hall–Kier alpha value is -0.120. The minimum Gasteiger partial charge on any atom is -0.374 e. The van der Waals surface area contributed by atoms with E-state index in [1.54, 1.807) is 0 Å². The van der Waals surface area contributed by atoms with Crippen molar-refractivity contribution in [3.63, 3.8) is 0 Å². The van der Waals surface area contributed by atoms with E-state index in [1.807, 2.05) is 0 Å². The molecule has 0 saturated heterocycles. The fourth-order valence-electron chi connectivity index (χ4n) is 3.10. The molecule has 0 bridgehead atoms. The van der Waals surface area contributed by atoms with Crippen LogP contribution in [0.3, 0.4) is 0 Å². The van der Waals surface area contributed by atoms with Crippen LogP contribution >= 0.6 is 0 Å². The lowest BCUT2D eigenvalue weighted by molar-refractivity contribution is -0.0826. The maximum absolute atomic E-state index is 6.12. The van der Waals surface area contributed by atoms with E-state index in [1.165, 1.54) is 12.8 Å². The van der Waals surface area contributed by atoms with Gasteiger partial charge in [0, 0.05) is 6.04 Å². The fraction of sp³-hybridized carbons (Fsp3) is 1.00. The minimum absolute atomic E-state index is 0.0723. The lowest BCUT2D eigenvalue weighted by atomic mass is 9.78. The molecule has 0 spiro atoms. The third kappa shape index (κ3) is 6.24. The average Bonchev–Trinajstić information content (AvgIpc) is 2.25. The smallest absolute Gasteiger partial charge is 0.0754 e. The molecule has 4 atom stereocenters. The molecule has 3 nitrogen and oxygen atoms in total. The second-order valence-electron chi connectivity index (χ2n) is 7.01. The largest absolute Gasteiger partial charge is 0.374 e. The van der Waals surface area contributed by atoms with E-state index in [0.717, 1.165) is 12.5 Å². The van der Waals surface area contributed by atoms with E-state index >= 15 is 0 Å². The Kier molecular flexibility index (Phi) is 6.78. The van der Waals surface area contributed by atoms with E-state index in [2.05, 4.69) is 46.9 Å². The summed E-state index contributed by atoms with van der Waals surface area (Å²) in [6.07, 6.45) is 2.83. The summed E-state index contributed by atoms with van der Waals surface area (Å²) in [5.74, 6) is 1.42. The van der Waals surface area contributed by atoms with Crippen molar-refractivity contribution in [3.8, 4) is 0 Å². The average molecular weight is 271 g/mol. The number of ether oxygens (including phenoxy) is 2. The first-order chi connectivity index (χ1) is 8.83. The van der Waals surface area contributed by atoms with Crippen LogP contribution in [0.5, 0.6) is 0 Å². The SMILES string of the molecule is CCNC1CC(C)CC(C)C1OCCOC(C)(C)C. The molecule has 1 rings (SSSR count). The normalized spacial score (nSPS) is 32.5. The molecule has 19 heavy (non-hydrogen) atoms. The van der Waals surface area contributed by atoms with Crippen LogP contribution in [0.1, 0.15) is 54.4 Å². The molecule has 1 aliphatic rings. The van der Waals surface area contributed by atoms with E-state index in [-0.39, 0.29) is 5.60 Å². The minimum atomic E-state index is -0.0723. The van der Waals surface area contributed by atoms with Crippen molar-refractivity contribution in [2.24, 2.45) is 11.8 Å². The summed E-state index contributed by atoms with van der Waals surface area (Å²) in [5.41, 5.74) is -0.0723. The molecule has 0 aromatic carbocycles. The van der Waals surface area contributed by atoms with Crippen LogP contribution in [0.4, 0.5) is 0 Å². The van der Waals surface area contributed by atoms with Crippen molar-refractivity contribution in [1.82, 2.24) is 5.32 Å². The van der Waals surface area contributed by atoms with Crippen LogP contribution in [-0.4, -0.2) is 37.5 Å². The summed E-state index contributed by atoms with van der Waals surface area (Å²) in [6, 6.07) is 0.499. The summed E-state index contributed by atoms with van der Waals surface area (Å²) in [6.45, 7) is 15.5. The predicted molar refractivity (Wildman–Crippen MR) is 80.5 cm³/mol. The van der Waals surface area contributed by atoms with Gasteiger partial charge < -0.3 is 14.8 Å². The Morgan fingerprint density at radius 1 is 1.11 bits per heavy atom. The van der Waals surface area contributed by atoms with Gasteiger partial charge in [0.1, 0.15) is 0 Å². The van der Waals surface area contributed by atoms with E-state index in [0.29, 0.717) is 31.3 Å². The first-order valence-electron chi connectivity index (χ1n) is 7.82. The third-order valence-electron chi connectivity index (χ3n) is 3.78. The van der Waals surface area contributed by atoms with Gasteiger partial charge in [-0.1, -0.05) is 20.8 Å². The molecular formula is C16H33NO2. The molecule has 0 amide bonds. The molecule has 1 fully saturated rings. The quantitative estimate of drug-likeness (QED) is 0.752. The van der Waals surface area contributed by atoms with Crippen molar-refractivity contribution < 1.29 is 9.47 Å². The predicted octanol–water partition coefficient (Wildman–Crippen LogP) is 3.23. The van der Waals surface area contributed by atoms with Gasteiger partial charge in [-0.3, -0.25) is 0 Å². The molecule has 0 aromatic heterocycles. The monoisotopic (exact) mass is 271 g/mol. The number of nitrogens with one attached hydrogen (secondary N) is 1. The van der Waals surface area contributed by atoms with Crippen molar-refractivity contribution in [2.45, 2.75) is 72.1 Å². The molecule has 0 aromatic rings. The van der Waals surface area contributed by atoms with Crippen molar-refractivity contribution in [1.29, 1.82) is 0 Å². The highest BCUT2D eigenvalue weighted by Gasteiger charge is 2.34. The van der Waals surface area contributed by atoms with Gasteiger partial charge >= 0.3 is 0 Å². The molecule has 1 N–H and O–H groups in total. The number of likely N-dealkylation sites (N-methyl/N-ethyl adjacent to an activating group) is 1. The van der Waals surface area contributed by atoms with Crippen LogP contribution in [0.2, 0.25) is 0 Å². The van der Waals surface area contributed by atoms with Gasteiger partial charge in [-0.05, 0) is 52.0 Å². The van der Waals surface area contributed by atoms with E-state index in [9.17, 15) is 0 Å². The molecule has 114 valence electrons. The topological polar surface area (TPSA) is 30.5 Å². The standard InChI is InChI=1S/C16H33NO2/c1-7-17-14-11-12(2)10-13(3)15(14)18-8-9-19-16(4,5)6/h12-15,17H,7-11H2,1-6H3. The summed E-state index contributed by atoms with van der Waals surface area (Å²) in [4.78, 5) is 0. The molecular weight excluding hydrogens is 238 g/mol. The Labute approximate surface area is 119 Å². The van der Waals surface area contributed by atoms with Crippen LogP contribution in [0, 0.1) is 11.8 Å². The van der Waals surface area contributed by atoms with E-state index < -0.39 is 0 Å². The van der Waals surface area contributed by atoms with Gasteiger partial charge in [-0.2, -0.15) is 0 Å². The zero-order valence-corrected chi connectivity index (χ0v) is 13.7. The molecule has 0 radical (unpaired) electrons. The number of hydrogen-bond donors (Lipinski definition) is 1. The van der Waals surface area contributed by atoms with Crippen molar-refractivity contribution in [3.05, 3.63) is 0 Å². The van der Waals surface area contributed by atoms with Crippen LogP contribution in [0.15, 0.2) is 0 Å². The van der Waals surface area contributed by atoms with Crippen molar-refractivity contribution in [2.75, 3.05) is 19.8 Å². The fourth-order valence-corrected chi connectivity index (χ4v) is 3.10. The van der Waals surface area contributed by atoms with Crippen LogP contribution < -0.4 is 5.32 Å². The molecule has 0 heterocycles. The maximum Gasteiger partial charge on any atom is 0.0754 e. The lowest BCUT2D eigenvalue weighted by Gasteiger charge is -2.40. The van der Waals surface area contributed by atoms with Gasteiger partial charge in [0.15, 0.2) is 0 Å². The molecule has 0 aliphatic heterocycles. The summed E-state index contributed by atoms with van der Waals surface area (Å²) < 4.78 is 11.8. The summed E-state index contributed by atoms with van der Waals surface area (Å²) in [7, 11) is 0. The van der Waals surface area contributed by atoms with Gasteiger partial charge in [0.05, 0.1) is 24.9 Å². The van der Waals surface area contributed by atoms with Gasteiger partial charge in [-0.25, -0.2) is 0 Å².